The van der Waals surface area contributed by atoms with Crippen LogP contribution >= 0.6 is 0 Å². The smallest absolute Gasteiger partial charge is 0.360 e. The van der Waals surface area contributed by atoms with Crippen LogP contribution in [0.15, 0.2) is 0 Å². The van der Waals surface area contributed by atoms with Gasteiger partial charge >= 0.3 is 5.97 Å². The van der Waals surface area contributed by atoms with E-state index >= 15 is 0 Å². The fourth-order valence-electron chi connectivity index (χ4n) is 0. The number of aliphatic hydroxyl groups is 2. The number of aliphatic carboxylic acids is 1. The molecule has 5 nitrogen and oxygen atoms in total. The molecule has 0 aromatic rings. The Hall–Kier alpha value is -0.650. The highest BCUT2D eigenvalue weighted by molar-refractivity contribution is 5.69. The van der Waals surface area contributed by atoms with Gasteiger partial charge in [-0.1, -0.05) is 0 Å². The second-order valence-corrected chi connectivity index (χ2v) is 0.712. The molecule has 0 unspecified atom stereocenters. The molecule has 0 amide bonds. The predicted octanol–water partition coefficient (Wildman–Crippen LogP) is -2.44. The first-order valence-electron chi connectivity index (χ1n) is 1.23. The van der Waals surface area contributed by atoms with E-state index in [1.54, 1.807) is 0 Å². The van der Waals surface area contributed by atoms with Crippen molar-refractivity contribution in [3.05, 3.63) is 0 Å². The first-order valence-corrected chi connectivity index (χ1v) is 1.23. The monoisotopic (exact) mass is 110 g/mol. The maximum Gasteiger partial charge on any atom is 0.360 e. The lowest BCUT2D eigenvalue weighted by Crippen LogP contribution is -2.17. The van der Waals surface area contributed by atoms with E-state index in [0.29, 0.717) is 0 Å². The first kappa shape index (κ1) is 9.61. The minimum absolute atomic E-state index is 0. The van der Waals surface area contributed by atoms with Crippen LogP contribution in [0.1, 0.15) is 0 Å². The summed E-state index contributed by atoms with van der Waals surface area (Å²) in [5, 5.41) is 22.7. The van der Waals surface area contributed by atoms with E-state index in [1.165, 1.54) is 0 Å². The van der Waals surface area contributed by atoms with E-state index in [2.05, 4.69) is 0 Å². The third kappa shape index (κ3) is 5.35. The summed E-state index contributed by atoms with van der Waals surface area (Å²) in [5.41, 5.74) is 0. The van der Waals surface area contributed by atoms with E-state index in [1.807, 2.05) is 0 Å². The standard InChI is InChI=1S/C2H4O4.H2O/c3-1(4)2(5)6;/h1,3-4H,(H,5,6);1H2. The molecule has 0 aromatic heterocycles. The van der Waals surface area contributed by atoms with Crippen molar-refractivity contribution in [1.29, 1.82) is 0 Å². The van der Waals surface area contributed by atoms with Gasteiger partial charge in [0.25, 0.3) is 6.29 Å². The van der Waals surface area contributed by atoms with Gasteiger partial charge in [0.1, 0.15) is 0 Å². The molecule has 0 aliphatic heterocycles. The molecule has 0 saturated heterocycles. The van der Waals surface area contributed by atoms with Crippen LogP contribution in [-0.4, -0.2) is 33.1 Å². The van der Waals surface area contributed by atoms with Crippen LogP contribution in [0.2, 0.25) is 0 Å². The molecule has 0 saturated carbocycles. The predicted molar refractivity (Wildman–Crippen MR) is 19.5 cm³/mol. The quantitative estimate of drug-likeness (QED) is 0.325. The van der Waals surface area contributed by atoms with Gasteiger partial charge in [0, 0.05) is 0 Å². The van der Waals surface area contributed by atoms with E-state index < -0.39 is 12.3 Å². The largest absolute Gasteiger partial charge is 0.477 e. The molecule has 0 atom stereocenters. The van der Waals surface area contributed by atoms with Crippen molar-refractivity contribution in [3.8, 4) is 0 Å². The second kappa shape index (κ2) is 3.54. The summed E-state index contributed by atoms with van der Waals surface area (Å²) in [6, 6.07) is 0. The van der Waals surface area contributed by atoms with E-state index in [9.17, 15) is 4.79 Å². The zero-order valence-corrected chi connectivity index (χ0v) is 3.33. The maximum absolute atomic E-state index is 9.20. The highest BCUT2D eigenvalue weighted by Gasteiger charge is 2.04. The summed E-state index contributed by atoms with van der Waals surface area (Å²) < 4.78 is 0. The third-order valence-electron chi connectivity index (χ3n) is 0.221. The Morgan fingerprint density at radius 3 is 1.57 bits per heavy atom. The van der Waals surface area contributed by atoms with Gasteiger partial charge < -0.3 is 20.8 Å². The molecule has 0 fully saturated rings. The first-order chi connectivity index (χ1) is 2.64. The van der Waals surface area contributed by atoms with Crippen LogP contribution in [0.3, 0.4) is 0 Å². The van der Waals surface area contributed by atoms with E-state index in [-0.39, 0.29) is 5.48 Å². The molecule has 0 bridgehead atoms. The Bertz CT molecular complexity index is 57.1. The lowest BCUT2D eigenvalue weighted by atomic mass is 10.7. The zero-order valence-electron chi connectivity index (χ0n) is 3.33. The average Bonchev–Trinajstić information content (AvgIpc) is 1.36. The summed E-state index contributed by atoms with van der Waals surface area (Å²) in [5.74, 6) is -1.63. The SMILES string of the molecule is O.O=C(O)C(O)O. The van der Waals surface area contributed by atoms with Crippen LogP contribution in [0.4, 0.5) is 0 Å². The molecule has 0 heterocycles. The van der Waals surface area contributed by atoms with Crippen molar-refractivity contribution in [3.63, 3.8) is 0 Å². The van der Waals surface area contributed by atoms with Gasteiger partial charge in [-0.3, -0.25) is 0 Å². The van der Waals surface area contributed by atoms with Gasteiger partial charge in [-0.05, 0) is 0 Å². The Morgan fingerprint density at radius 1 is 1.43 bits per heavy atom. The van der Waals surface area contributed by atoms with Crippen molar-refractivity contribution in [2.75, 3.05) is 0 Å². The van der Waals surface area contributed by atoms with Crippen LogP contribution in [0.25, 0.3) is 0 Å². The highest BCUT2D eigenvalue weighted by Crippen LogP contribution is 1.67. The topological polar surface area (TPSA) is 109 Å². The molecule has 0 spiro atoms. The molecule has 5 N–H and O–H groups in total. The minimum atomic E-state index is -2.23. The number of rotatable bonds is 1. The van der Waals surface area contributed by atoms with Crippen molar-refractivity contribution in [2.45, 2.75) is 6.29 Å². The summed E-state index contributed by atoms with van der Waals surface area (Å²) in [7, 11) is 0. The fourth-order valence-corrected chi connectivity index (χ4v) is 0. The minimum Gasteiger partial charge on any atom is -0.477 e. The summed E-state index contributed by atoms with van der Waals surface area (Å²) >= 11 is 0. The fraction of sp³-hybridized carbons (Fsp3) is 0.500. The maximum atomic E-state index is 9.20. The zero-order chi connectivity index (χ0) is 5.15. The number of aliphatic hydroxyl groups excluding tert-OH is 1. The summed E-state index contributed by atoms with van der Waals surface area (Å²) in [6.07, 6.45) is -2.23. The molecular formula is C2H6O5. The highest BCUT2D eigenvalue weighted by atomic mass is 16.5. The van der Waals surface area contributed by atoms with Gasteiger partial charge in [0.05, 0.1) is 0 Å². The molecule has 0 aromatic carbocycles. The van der Waals surface area contributed by atoms with Crippen LogP contribution in [0.5, 0.6) is 0 Å². The normalized spacial score (nSPS) is 7.86. The lowest BCUT2D eigenvalue weighted by Gasteiger charge is -1.88. The number of hydrogen-bond donors (Lipinski definition) is 3. The van der Waals surface area contributed by atoms with Crippen molar-refractivity contribution >= 4 is 5.97 Å². The molecule has 0 radical (unpaired) electrons. The number of carbonyl (C=O) groups is 1. The van der Waals surface area contributed by atoms with Crippen molar-refractivity contribution in [1.82, 2.24) is 0 Å². The number of carboxylic acids is 1. The molecule has 5 heteroatoms. The molecule has 0 aliphatic rings. The molecule has 44 valence electrons. The Labute approximate surface area is 39.1 Å². The molecule has 7 heavy (non-hydrogen) atoms. The number of carboxylic acid groups (broad SMARTS) is 1. The lowest BCUT2D eigenvalue weighted by molar-refractivity contribution is -0.165. The van der Waals surface area contributed by atoms with E-state index in [0.717, 1.165) is 0 Å². The van der Waals surface area contributed by atoms with Gasteiger partial charge in [-0.25, -0.2) is 4.79 Å². The van der Waals surface area contributed by atoms with Crippen molar-refractivity contribution < 1.29 is 25.6 Å². The summed E-state index contributed by atoms with van der Waals surface area (Å²) in [4.78, 5) is 9.20. The summed E-state index contributed by atoms with van der Waals surface area (Å²) in [6.45, 7) is 0. The Kier molecular flexibility index (Phi) is 4.85. The van der Waals surface area contributed by atoms with Crippen molar-refractivity contribution in [2.24, 2.45) is 0 Å². The van der Waals surface area contributed by atoms with Crippen LogP contribution in [0, 0.1) is 0 Å². The van der Waals surface area contributed by atoms with Gasteiger partial charge in [-0.15, -0.1) is 0 Å². The van der Waals surface area contributed by atoms with Gasteiger partial charge in [0.15, 0.2) is 0 Å². The number of hydrogen-bond acceptors (Lipinski definition) is 3. The van der Waals surface area contributed by atoms with Crippen LogP contribution in [-0.2, 0) is 4.79 Å². The second-order valence-electron chi connectivity index (χ2n) is 0.712. The molecule has 0 rings (SSSR count). The van der Waals surface area contributed by atoms with Gasteiger partial charge in [-0.2, -0.15) is 0 Å². The van der Waals surface area contributed by atoms with Crippen LogP contribution < -0.4 is 0 Å². The van der Waals surface area contributed by atoms with Gasteiger partial charge in [0.2, 0.25) is 0 Å². The average molecular weight is 110 g/mol. The molecule has 0 aliphatic carbocycles. The van der Waals surface area contributed by atoms with E-state index in [4.69, 9.17) is 15.3 Å². The molecular weight excluding hydrogens is 104 g/mol. The Morgan fingerprint density at radius 2 is 1.57 bits per heavy atom. The third-order valence-corrected chi connectivity index (χ3v) is 0.221. The Balaban J connectivity index is 0.